The number of nitrogens with zero attached hydrogens (tertiary/aromatic N) is 2. The minimum atomic E-state index is 0. The molecule has 0 bridgehead atoms. The normalized spacial score (nSPS) is 17.7. The molecule has 1 saturated heterocycles. The molecule has 1 unspecified atom stereocenters. The number of benzene rings is 1. The van der Waals surface area contributed by atoms with Gasteiger partial charge in [-0.15, -0.1) is 24.0 Å². The first-order chi connectivity index (χ1) is 11.7. The van der Waals surface area contributed by atoms with Crippen LogP contribution in [0.3, 0.4) is 0 Å². The molecule has 7 heteroatoms. The zero-order chi connectivity index (χ0) is 17.4. The second kappa shape index (κ2) is 11.7. The summed E-state index contributed by atoms with van der Waals surface area (Å²) < 4.78 is 10.8. The summed E-state index contributed by atoms with van der Waals surface area (Å²) in [5, 5.41) is 4.20. The molecule has 0 aromatic heterocycles. The number of halogens is 1. The summed E-state index contributed by atoms with van der Waals surface area (Å²) in [6.45, 7) is 5.20. The van der Waals surface area contributed by atoms with Crippen molar-refractivity contribution >= 4 is 41.7 Å². The van der Waals surface area contributed by atoms with Crippen molar-refractivity contribution in [3.63, 3.8) is 0 Å². The van der Waals surface area contributed by atoms with E-state index in [9.17, 15) is 0 Å². The number of rotatable bonds is 6. The molecule has 1 aromatic rings. The summed E-state index contributed by atoms with van der Waals surface area (Å²) in [7, 11) is 5.25. The van der Waals surface area contributed by atoms with Gasteiger partial charge in [-0.2, -0.15) is 11.8 Å². The zero-order valence-electron chi connectivity index (χ0n) is 15.6. The Kier molecular flexibility index (Phi) is 10.4. The van der Waals surface area contributed by atoms with Crippen LogP contribution in [0.15, 0.2) is 23.2 Å². The zero-order valence-corrected chi connectivity index (χ0v) is 18.7. The van der Waals surface area contributed by atoms with Gasteiger partial charge in [0.1, 0.15) is 11.5 Å². The molecule has 2 rings (SSSR count). The molecule has 1 fully saturated rings. The Hall–Kier alpha value is -0.830. The van der Waals surface area contributed by atoms with Crippen LogP contribution in [0.4, 0.5) is 0 Å². The monoisotopic (exact) mass is 479 g/mol. The first-order valence-electron chi connectivity index (χ1n) is 8.49. The molecule has 25 heavy (non-hydrogen) atoms. The lowest BCUT2D eigenvalue weighted by Gasteiger charge is -2.34. The van der Waals surface area contributed by atoms with Crippen LogP contribution in [0.5, 0.6) is 11.5 Å². The first kappa shape index (κ1) is 22.2. The van der Waals surface area contributed by atoms with E-state index >= 15 is 0 Å². The first-order valence-corrected chi connectivity index (χ1v) is 9.54. The maximum absolute atomic E-state index is 5.45. The highest BCUT2D eigenvalue weighted by molar-refractivity contribution is 14.0. The Bertz CT molecular complexity index is 557. The van der Waals surface area contributed by atoms with E-state index in [2.05, 4.69) is 33.9 Å². The van der Waals surface area contributed by atoms with Crippen LogP contribution in [0.25, 0.3) is 0 Å². The maximum atomic E-state index is 5.45. The van der Waals surface area contributed by atoms with E-state index in [1.54, 1.807) is 14.2 Å². The fourth-order valence-electron chi connectivity index (χ4n) is 2.88. The lowest BCUT2D eigenvalue weighted by Crippen LogP contribution is -2.48. The molecule has 1 N–H and O–H groups in total. The van der Waals surface area contributed by atoms with Crippen LogP contribution < -0.4 is 14.8 Å². The lowest BCUT2D eigenvalue weighted by molar-refractivity contribution is 0.397. The molecule has 5 nitrogen and oxygen atoms in total. The van der Waals surface area contributed by atoms with Gasteiger partial charge in [-0.3, -0.25) is 4.99 Å². The molecule has 0 saturated carbocycles. The largest absolute Gasteiger partial charge is 0.497 e. The van der Waals surface area contributed by atoms with E-state index < -0.39 is 0 Å². The van der Waals surface area contributed by atoms with Crippen molar-refractivity contribution < 1.29 is 9.47 Å². The quantitative estimate of drug-likeness (QED) is 0.386. The third kappa shape index (κ3) is 6.44. The Morgan fingerprint density at radius 1 is 1.36 bits per heavy atom. The number of guanidine groups is 1. The SMILES string of the molecule is CCC1CN(C(=NC)NCCc2cc(OC)ccc2OC)CCS1.I. The van der Waals surface area contributed by atoms with Gasteiger partial charge in [0, 0.05) is 37.7 Å². The molecule has 0 amide bonds. The highest BCUT2D eigenvalue weighted by Crippen LogP contribution is 2.24. The number of nitrogens with one attached hydrogen (secondary N) is 1. The van der Waals surface area contributed by atoms with Crippen molar-refractivity contribution in [1.29, 1.82) is 0 Å². The topological polar surface area (TPSA) is 46.1 Å². The number of aliphatic imine (C=N–C) groups is 1. The Morgan fingerprint density at radius 3 is 2.80 bits per heavy atom. The fraction of sp³-hybridized carbons (Fsp3) is 0.611. The summed E-state index contributed by atoms with van der Waals surface area (Å²) in [6.07, 6.45) is 2.07. The minimum absolute atomic E-state index is 0. The van der Waals surface area contributed by atoms with Crippen molar-refractivity contribution in [1.82, 2.24) is 10.2 Å². The summed E-state index contributed by atoms with van der Waals surface area (Å²) in [6, 6.07) is 5.91. The lowest BCUT2D eigenvalue weighted by atomic mass is 10.1. The van der Waals surface area contributed by atoms with Crippen LogP contribution in [0, 0.1) is 0 Å². The van der Waals surface area contributed by atoms with E-state index in [-0.39, 0.29) is 24.0 Å². The molecule has 0 aliphatic carbocycles. The van der Waals surface area contributed by atoms with Gasteiger partial charge in [-0.25, -0.2) is 0 Å². The van der Waals surface area contributed by atoms with Crippen molar-refractivity contribution in [3.05, 3.63) is 23.8 Å². The van der Waals surface area contributed by atoms with Crippen LogP contribution in [-0.2, 0) is 6.42 Å². The summed E-state index contributed by atoms with van der Waals surface area (Å²) >= 11 is 2.07. The van der Waals surface area contributed by atoms with Crippen LogP contribution >= 0.6 is 35.7 Å². The molecular formula is C18H30IN3O2S. The predicted octanol–water partition coefficient (Wildman–Crippen LogP) is 3.27. The van der Waals surface area contributed by atoms with Gasteiger partial charge in [0.2, 0.25) is 0 Å². The van der Waals surface area contributed by atoms with Gasteiger partial charge in [0.05, 0.1) is 14.2 Å². The Balaban J connectivity index is 0.00000312. The van der Waals surface area contributed by atoms with Gasteiger partial charge < -0.3 is 19.7 Å². The molecule has 142 valence electrons. The third-order valence-corrected chi connectivity index (χ3v) is 5.64. The summed E-state index contributed by atoms with van der Waals surface area (Å²) in [4.78, 5) is 6.82. The van der Waals surface area contributed by atoms with Crippen molar-refractivity contribution in [2.75, 3.05) is 46.7 Å². The number of hydrogen-bond donors (Lipinski definition) is 1. The molecule has 0 radical (unpaired) electrons. The standard InChI is InChI=1S/C18H29N3O2S.HI/c1-5-16-13-21(10-11-24-16)18(19-2)20-9-8-14-12-15(22-3)6-7-17(14)23-4;/h6-7,12,16H,5,8-11,13H2,1-4H3,(H,19,20);1H. The number of ether oxygens (including phenoxy) is 2. The fourth-order valence-corrected chi connectivity index (χ4v) is 4.06. The Labute approximate surface area is 173 Å². The van der Waals surface area contributed by atoms with Crippen molar-refractivity contribution in [3.8, 4) is 11.5 Å². The Morgan fingerprint density at radius 2 is 2.16 bits per heavy atom. The van der Waals surface area contributed by atoms with Gasteiger partial charge in [-0.1, -0.05) is 6.92 Å². The number of hydrogen-bond acceptors (Lipinski definition) is 4. The smallest absolute Gasteiger partial charge is 0.193 e. The number of thioether (sulfide) groups is 1. The molecule has 1 atom stereocenters. The molecule has 1 aromatic carbocycles. The van der Waals surface area contributed by atoms with Crippen LogP contribution in [-0.4, -0.2) is 62.8 Å². The summed E-state index contributed by atoms with van der Waals surface area (Å²) in [5.41, 5.74) is 1.14. The van der Waals surface area contributed by atoms with Crippen molar-refractivity contribution in [2.24, 2.45) is 4.99 Å². The molecule has 1 aliphatic rings. The predicted molar refractivity (Wildman–Crippen MR) is 118 cm³/mol. The summed E-state index contributed by atoms with van der Waals surface area (Å²) in [5.74, 6) is 3.92. The maximum Gasteiger partial charge on any atom is 0.193 e. The van der Waals surface area contributed by atoms with E-state index in [4.69, 9.17) is 9.47 Å². The van der Waals surface area contributed by atoms with E-state index in [0.717, 1.165) is 49.1 Å². The van der Waals surface area contributed by atoms with Gasteiger partial charge in [-0.05, 0) is 36.6 Å². The number of methoxy groups -OCH3 is 2. The van der Waals surface area contributed by atoms with Crippen molar-refractivity contribution in [2.45, 2.75) is 25.0 Å². The molecule has 1 heterocycles. The minimum Gasteiger partial charge on any atom is -0.497 e. The molecular weight excluding hydrogens is 449 g/mol. The van der Waals surface area contributed by atoms with E-state index in [0.29, 0.717) is 5.25 Å². The molecule has 1 aliphatic heterocycles. The highest BCUT2D eigenvalue weighted by Gasteiger charge is 2.21. The average molecular weight is 479 g/mol. The van der Waals surface area contributed by atoms with Gasteiger partial charge >= 0.3 is 0 Å². The average Bonchev–Trinajstić information content (AvgIpc) is 2.65. The van der Waals surface area contributed by atoms with Crippen LogP contribution in [0.1, 0.15) is 18.9 Å². The van der Waals surface area contributed by atoms with Gasteiger partial charge in [0.25, 0.3) is 0 Å². The second-order valence-electron chi connectivity index (χ2n) is 5.75. The highest BCUT2D eigenvalue weighted by atomic mass is 127. The van der Waals surface area contributed by atoms with E-state index in [1.165, 1.54) is 12.2 Å². The van der Waals surface area contributed by atoms with E-state index in [1.807, 2.05) is 25.2 Å². The van der Waals surface area contributed by atoms with Crippen LogP contribution in [0.2, 0.25) is 0 Å². The van der Waals surface area contributed by atoms with Gasteiger partial charge in [0.15, 0.2) is 5.96 Å². The molecule has 0 spiro atoms. The third-order valence-electron chi connectivity index (χ3n) is 4.27. The second-order valence-corrected chi connectivity index (χ2v) is 7.16.